The minimum absolute atomic E-state index is 0.239. The fourth-order valence-electron chi connectivity index (χ4n) is 3.03. The summed E-state index contributed by atoms with van der Waals surface area (Å²) in [7, 11) is 1.61. The highest BCUT2D eigenvalue weighted by Crippen LogP contribution is 2.37. The molecule has 0 atom stereocenters. The molecule has 0 spiro atoms. The van der Waals surface area contributed by atoms with Gasteiger partial charge in [-0.3, -0.25) is 0 Å². The van der Waals surface area contributed by atoms with Gasteiger partial charge in [0.15, 0.2) is 11.5 Å². The van der Waals surface area contributed by atoms with E-state index in [1.807, 2.05) is 38.1 Å². The van der Waals surface area contributed by atoms with Crippen molar-refractivity contribution < 1.29 is 19.4 Å². The van der Waals surface area contributed by atoms with Gasteiger partial charge in [0, 0.05) is 22.3 Å². The number of carboxylic acid groups (broad SMARTS) is 1. The van der Waals surface area contributed by atoms with E-state index in [0.29, 0.717) is 24.7 Å². The van der Waals surface area contributed by atoms with E-state index in [9.17, 15) is 9.90 Å². The number of halogens is 1. The van der Waals surface area contributed by atoms with E-state index >= 15 is 0 Å². The van der Waals surface area contributed by atoms with Gasteiger partial charge in [0.25, 0.3) is 0 Å². The van der Waals surface area contributed by atoms with E-state index in [1.54, 1.807) is 25.3 Å². The molecule has 30 heavy (non-hydrogen) atoms. The summed E-state index contributed by atoms with van der Waals surface area (Å²) in [6.07, 6.45) is 0. The molecule has 3 aromatic rings. The topological polar surface area (TPSA) is 67.8 Å². The number of hydrogen-bond acceptors (Lipinski definition) is 4. The highest BCUT2D eigenvalue weighted by Gasteiger charge is 2.16. The number of ether oxygens (including phenoxy) is 2. The van der Waals surface area contributed by atoms with Crippen LogP contribution < -0.4 is 14.8 Å². The smallest absolute Gasteiger partial charge is 0.335 e. The molecule has 0 amide bonds. The number of nitrogens with one attached hydrogen (secondary N) is 1. The second-order valence-electron chi connectivity index (χ2n) is 7.02. The maximum absolute atomic E-state index is 11.3. The van der Waals surface area contributed by atoms with Gasteiger partial charge in [-0.05, 0) is 49.2 Å². The zero-order valence-corrected chi connectivity index (χ0v) is 18.7. The fourth-order valence-corrected chi connectivity index (χ4v) is 3.49. The summed E-state index contributed by atoms with van der Waals surface area (Å²) in [5, 5.41) is 12.6. The molecule has 0 unspecified atom stereocenters. The average molecular weight is 470 g/mol. The monoisotopic (exact) mass is 469 g/mol. The molecule has 0 aromatic heterocycles. The van der Waals surface area contributed by atoms with Crippen molar-refractivity contribution in [2.75, 3.05) is 12.4 Å². The summed E-state index contributed by atoms with van der Waals surface area (Å²) in [6, 6.07) is 17.0. The first-order valence-electron chi connectivity index (χ1n) is 9.50. The quantitative estimate of drug-likeness (QED) is 0.425. The highest BCUT2D eigenvalue weighted by molar-refractivity contribution is 9.10. The molecule has 0 bridgehead atoms. The Balaban J connectivity index is 1.86. The van der Waals surface area contributed by atoms with Gasteiger partial charge < -0.3 is 19.9 Å². The first-order valence-corrected chi connectivity index (χ1v) is 10.3. The highest BCUT2D eigenvalue weighted by atomic mass is 79.9. The van der Waals surface area contributed by atoms with Crippen LogP contribution in [-0.2, 0) is 13.2 Å². The molecule has 2 N–H and O–H groups in total. The first kappa shape index (κ1) is 21.7. The number of methoxy groups -OCH3 is 1. The predicted octanol–water partition coefficient (Wildman–Crippen LogP) is 5.96. The zero-order valence-electron chi connectivity index (χ0n) is 17.2. The standard InChI is InChI=1S/C24H24BrNO4/c1-15-4-7-17(8-5-15)14-30-23-19(20(25)10-11-22(23)29-3)13-26-21-12-18(24(27)28)9-6-16(21)2/h4-12,26H,13-14H2,1-3H3,(H,27,28). The van der Waals surface area contributed by atoms with Crippen LogP contribution in [0.5, 0.6) is 11.5 Å². The van der Waals surface area contributed by atoms with Gasteiger partial charge in [-0.25, -0.2) is 4.79 Å². The molecule has 6 heteroatoms. The molecule has 3 rings (SSSR count). The molecule has 0 aliphatic rings. The van der Waals surface area contributed by atoms with Crippen molar-refractivity contribution in [1.29, 1.82) is 0 Å². The van der Waals surface area contributed by atoms with Crippen LogP contribution >= 0.6 is 15.9 Å². The molecular weight excluding hydrogens is 446 g/mol. The Kier molecular flexibility index (Phi) is 7.00. The SMILES string of the molecule is COc1ccc(Br)c(CNc2cc(C(=O)O)ccc2C)c1OCc1ccc(C)cc1. The van der Waals surface area contributed by atoms with Crippen molar-refractivity contribution in [3.63, 3.8) is 0 Å². The van der Waals surface area contributed by atoms with E-state index in [-0.39, 0.29) is 5.56 Å². The van der Waals surface area contributed by atoms with Crippen molar-refractivity contribution in [3.8, 4) is 11.5 Å². The average Bonchev–Trinajstić information content (AvgIpc) is 2.73. The van der Waals surface area contributed by atoms with Crippen LogP contribution in [0.4, 0.5) is 5.69 Å². The van der Waals surface area contributed by atoms with Crippen LogP contribution in [0.15, 0.2) is 59.1 Å². The molecule has 0 saturated heterocycles. The summed E-state index contributed by atoms with van der Waals surface area (Å²) < 4.78 is 12.6. The summed E-state index contributed by atoms with van der Waals surface area (Å²) >= 11 is 3.61. The third-order valence-electron chi connectivity index (χ3n) is 4.83. The van der Waals surface area contributed by atoms with Gasteiger partial charge >= 0.3 is 5.97 Å². The van der Waals surface area contributed by atoms with E-state index in [4.69, 9.17) is 9.47 Å². The number of anilines is 1. The second kappa shape index (κ2) is 9.67. The number of carboxylic acids is 1. The Morgan fingerprint density at radius 3 is 2.47 bits per heavy atom. The van der Waals surface area contributed by atoms with Gasteiger partial charge in [-0.1, -0.05) is 51.8 Å². The van der Waals surface area contributed by atoms with Crippen molar-refractivity contribution in [1.82, 2.24) is 0 Å². The first-order chi connectivity index (χ1) is 14.4. The Hall–Kier alpha value is -2.99. The van der Waals surface area contributed by atoms with Crippen LogP contribution in [-0.4, -0.2) is 18.2 Å². The Morgan fingerprint density at radius 2 is 1.80 bits per heavy atom. The van der Waals surface area contributed by atoms with E-state index < -0.39 is 5.97 Å². The molecule has 5 nitrogen and oxygen atoms in total. The Labute approximate surface area is 184 Å². The maximum atomic E-state index is 11.3. The minimum atomic E-state index is -0.956. The maximum Gasteiger partial charge on any atom is 0.335 e. The molecule has 0 aliphatic carbocycles. The molecule has 0 saturated carbocycles. The molecule has 0 heterocycles. The molecule has 0 aliphatic heterocycles. The van der Waals surface area contributed by atoms with Crippen molar-refractivity contribution in [3.05, 3.63) is 86.9 Å². The normalized spacial score (nSPS) is 10.5. The molecule has 3 aromatic carbocycles. The number of benzene rings is 3. The van der Waals surface area contributed by atoms with Gasteiger partial charge in [0.1, 0.15) is 6.61 Å². The van der Waals surface area contributed by atoms with Gasteiger partial charge in [0.2, 0.25) is 0 Å². The third-order valence-corrected chi connectivity index (χ3v) is 5.57. The summed E-state index contributed by atoms with van der Waals surface area (Å²) in [5.41, 5.74) is 5.11. The second-order valence-corrected chi connectivity index (χ2v) is 7.87. The fraction of sp³-hybridized carbons (Fsp3) is 0.208. The summed E-state index contributed by atoms with van der Waals surface area (Å²) in [4.78, 5) is 11.3. The molecular formula is C24H24BrNO4. The van der Waals surface area contributed by atoms with Gasteiger partial charge in [-0.15, -0.1) is 0 Å². The lowest BCUT2D eigenvalue weighted by Crippen LogP contribution is -2.08. The Bertz CT molecular complexity index is 1050. The zero-order chi connectivity index (χ0) is 21.7. The van der Waals surface area contributed by atoms with E-state index in [0.717, 1.165) is 26.9 Å². The van der Waals surface area contributed by atoms with E-state index in [2.05, 4.69) is 33.4 Å². The van der Waals surface area contributed by atoms with Crippen LogP contribution in [0, 0.1) is 13.8 Å². The number of rotatable bonds is 8. The summed E-state index contributed by atoms with van der Waals surface area (Å²) in [6.45, 7) is 4.83. The van der Waals surface area contributed by atoms with Crippen LogP contribution in [0.1, 0.15) is 32.6 Å². The van der Waals surface area contributed by atoms with Crippen molar-refractivity contribution >= 4 is 27.6 Å². The molecule has 0 radical (unpaired) electrons. The number of aryl methyl sites for hydroxylation is 2. The van der Waals surface area contributed by atoms with Gasteiger partial charge in [-0.2, -0.15) is 0 Å². The summed E-state index contributed by atoms with van der Waals surface area (Å²) in [5.74, 6) is 0.327. The number of carbonyl (C=O) groups is 1. The lowest BCUT2D eigenvalue weighted by molar-refractivity contribution is 0.0697. The lowest BCUT2D eigenvalue weighted by atomic mass is 10.1. The molecule has 156 valence electrons. The number of aromatic carboxylic acids is 1. The minimum Gasteiger partial charge on any atom is -0.493 e. The van der Waals surface area contributed by atoms with Gasteiger partial charge in [0.05, 0.1) is 12.7 Å². The lowest BCUT2D eigenvalue weighted by Gasteiger charge is -2.18. The predicted molar refractivity (Wildman–Crippen MR) is 122 cm³/mol. The van der Waals surface area contributed by atoms with Crippen LogP contribution in [0.3, 0.4) is 0 Å². The van der Waals surface area contributed by atoms with Crippen LogP contribution in [0.2, 0.25) is 0 Å². The Morgan fingerprint density at radius 1 is 1.07 bits per heavy atom. The third kappa shape index (κ3) is 5.13. The number of hydrogen-bond donors (Lipinski definition) is 2. The molecule has 0 fully saturated rings. The van der Waals surface area contributed by atoms with Crippen molar-refractivity contribution in [2.45, 2.75) is 27.0 Å². The van der Waals surface area contributed by atoms with E-state index in [1.165, 1.54) is 5.56 Å². The van der Waals surface area contributed by atoms with Crippen LogP contribution in [0.25, 0.3) is 0 Å². The largest absolute Gasteiger partial charge is 0.493 e. The van der Waals surface area contributed by atoms with Crippen molar-refractivity contribution in [2.24, 2.45) is 0 Å².